The molecule has 4 rings (SSSR count). The maximum atomic E-state index is 12.7. The first kappa shape index (κ1) is 19.2. The second-order valence-corrected chi connectivity index (χ2v) is 7.78. The minimum atomic E-state index is -0.212. The van der Waals surface area contributed by atoms with E-state index in [1.807, 2.05) is 57.2 Å². The summed E-state index contributed by atoms with van der Waals surface area (Å²) in [6.45, 7) is 7.95. The lowest BCUT2D eigenvalue weighted by molar-refractivity contribution is 0.102. The van der Waals surface area contributed by atoms with E-state index in [9.17, 15) is 4.79 Å². The summed E-state index contributed by atoms with van der Waals surface area (Å²) in [6.07, 6.45) is 0. The van der Waals surface area contributed by atoms with E-state index >= 15 is 0 Å². The Morgan fingerprint density at radius 3 is 2.38 bits per heavy atom. The van der Waals surface area contributed by atoms with Gasteiger partial charge in [-0.3, -0.25) is 4.79 Å². The fourth-order valence-electron chi connectivity index (χ4n) is 3.12. The van der Waals surface area contributed by atoms with E-state index in [1.165, 1.54) is 5.56 Å². The average molecular weight is 405 g/mol. The first-order valence-corrected chi connectivity index (χ1v) is 9.76. The molecule has 0 saturated carbocycles. The number of nitrogens with one attached hydrogen (secondary N) is 1. The highest BCUT2D eigenvalue weighted by Gasteiger charge is 2.14. The standard InChI is InChI=1S/C24H21ClN2O2/c1-13-5-7-17(11-19(13)25)23(28)26-20-12-18(8-6-14(20)2)24-27-21-9-15(3)16(4)10-22(21)29-24/h5-12H,1-4H3,(H,26,28). The molecule has 0 saturated heterocycles. The summed E-state index contributed by atoms with van der Waals surface area (Å²) in [5.41, 5.74) is 7.81. The number of fused-ring (bicyclic) bond motifs is 1. The third kappa shape index (κ3) is 3.76. The number of carbonyl (C=O) groups excluding carboxylic acids is 1. The second kappa shape index (κ2) is 7.37. The minimum absolute atomic E-state index is 0.212. The topological polar surface area (TPSA) is 55.1 Å². The van der Waals surface area contributed by atoms with Crippen LogP contribution in [0.25, 0.3) is 22.6 Å². The van der Waals surface area contributed by atoms with Crippen molar-refractivity contribution < 1.29 is 9.21 Å². The molecule has 5 heteroatoms. The Bertz CT molecular complexity index is 1220. The van der Waals surface area contributed by atoms with Crippen LogP contribution in [0.5, 0.6) is 0 Å². The molecule has 0 spiro atoms. The first-order valence-electron chi connectivity index (χ1n) is 9.38. The monoisotopic (exact) mass is 404 g/mol. The summed E-state index contributed by atoms with van der Waals surface area (Å²) in [6, 6.07) is 15.1. The average Bonchev–Trinajstić information content (AvgIpc) is 3.08. The van der Waals surface area contributed by atoms with Gasteiger partial charge < -0.3 is 9.73 Å². The van der Waals surface area contributed by atoms with Gasteiger partial charge in [-0.2, -0.15) is 0 Å². The van der Waals surface area contributed by atoms with Gasteiger partial charge in [-0.15, -0.1) is 0 Å². The van der Waals surface area contributed by atoms with E-state index in [0.29, 0.717) is 22.2 Å². The maximum absolute atomic E-state index is 12.7. The Kier molecular flexibility index (Phi) is 4.89. The maximum Gasteiger partial charge on any atom is 0.255 e. The van der Waals surface area contributed by atoms with Crippen LogP contribution in [0, 0.1) is 27.7 Å². The summed E-state index contributed by atoms with van der Waals surface area (Å²) in [5, 5.41) is 3.54. The number of carbonyl (C=O) groups is 1. The quantitative estimate of drug-likeness (QED) is 0.416. The van der Waals surface area contributed by atoms with Gasteiger partial charge in [-0.25, -0.2) is 4.98 Å². The molecule has 0 bridgehead atoms. The molecule has 0 aliphatic carbocycles. The lowest BCUT2D eigenvalue weighted by Gasteiger charge is -2.10. The molecule has 0 radical (unpaired) electrons. The highest BCUT2D eigenvalue weighted by atomic mass is 35.5. The summed E-state index contributed by atoms with van der Waals surface area (Å²) in [4.78, 5) is 17.3. The summed E-state index contributed by atoms with van der Waals surface area (Å²) in [5.74, 6) is 0.315. The van der Waals surface area contributed by atoms with E-state index in [4.69, 9.17) is 16.0 Å². The molecule has 0 fully saturated rings. The number of oxazole rings is 1. The zero-order valence-corrected chi connectivity index (χ0v) is 17.5. The van der Waals surface area contributed by atoms with Crippen molar-refractivity contribution in [1.82, 2.24) is 4.98 Å². The molecule has 1 heterocycles. The summed E-state index contributed by atoms with van der Waals surface area (Å²) < 4.78 is 5.96. The molecule has 1 N–H and O–H groups in total. The number of benzene rings is 3. The van der Waals surface area contributed by atoms with Gasteiger partial charge in [-0.1, -0.05) is 23.7 Å². The molecule has 4 nitrogen and oxygen atoms in total. The molecule has 4 aromatic rings. The Morgan fingerprint density at radius 1 is 0.897 bits per heavy atom. The van der Waals surface area contributed by atoms with Crippen LogP contribution in [0.4, 0.5) is 5.69 Å². The zero-order valence-electron chi connectivity index (χ0n) is 16.8. The van der Waals surface area contributed by atoms with E-state index in [2.05, 4.69) is 17.2 Å². The minimum Gasteiger partial charge on any atom is -0.436 e. The van der Waals surface area contributed by atoms with Crippen molar-refractivity contribution >= 4 is 34.3 Å². The molecular weight excluding hydrogens is 384 g/mol. The van der Waals surface area contributed by atoms with Gasteiger partial charge in [0.25, 0.3) is 5.91 Å². The van der Waals surface area contributed by atoms with E-state index in [0.717, 1.165) is 33.4 Å². The predicted octanol–water partition coefficient (Wildman–Crippen LogP) is 6.63. The van der Waals surface area contributed by atoms with Gasteiger partial charge in [-0.05, 0) is 86.3 Å². The molecule has 3 aromatic carbocycles. The van der Waals surface area contributed by atoms with Crippen molar-refractivity contribution in [2.24, 2.45) is 0 Å². The molecule has 146 valence electrons. The van der Waals surface area contributed by atoms with Crippen molar-refractivity contribution in [3.05, 3.63) is 81.4 Å². The van der Waals surface area contributed by atoms with Gasteiger partial charge in [0.05, 0.1) is 0 Å². The fourth-order valence-corrected chi connectivity index (χ4v) is 3.30. The highest BCUT2D eigenvalue weighted by Crippen LogP contribution is 2.29. The number of hydrogen-bond acceptors (Lipinski definition) is 3. The lowest BCUT2D eigenvalue weighted by atomic mass is 10.1. The van der Waals surface area contributed by atoms with Crippen LogP contribution in [-0.4, -0.2) is 10.9 Å². The van der Waals surface area contributed by atoms with Crippen LogP contribution in [-0.2, 0) is 0 Å². The molecule has 0 aliphatic rings. The van der Waals surface area contributed by atoms with Crippen molar-refractivity contribution in [1.29, 1.82) is 0 Å². The van der Waals surface area contributed by atoms with Crippen LogP contribution in [0.1, 0.15) is 32.6 Å². The number of amides is 1. The summed E-state index contributed by atoms with van der Waals surface area (Å²) in [7, 11) is 0. The van der Waals surface area contributed by atoms with Crippen molar-refractivity contribution in [3.63, 3.8) is 0 Å². The van der Waals surface area contributed by atoms with Gasteiger partial charge in [0.1, 0.15) is 5.52 Å². The van der Waals surface area contributed by atoms with Gasteiger partial charge in [0.2, 0.25) is 5.89 Å². The van der Waals surface area contributed by atoms with Gasteiger partial charge in [0.15, 0.2) is 5.58 Å². The number of halogens is 1. The number of anilines is 1. The second-order valence-electron chi connectivity index (χ2n) is 7.37. The number of aromatic nitrogens is 1. The molecule has 1 amide bonds. The third-order valence-electron chi connectivity index (χ3n) is 5.17. The molecule has 1 aromatic heterocycles. The molecule has 0 unspecified atom stereocenters. The Labute approximate surface area is 174 Å². The molecular formula is C24H21ClN2O2. The summed E-state index contributed by atoms with van der Waals surface area (Å²) >= 11 is 6.16. The Balaban J connectivity index is 1.67. The largest absolute Gasteiger partial charge is 0.436 e. The highest BCUT2D eigenvalue weighted by molar-refractivity contribution is 6.31. The fraction of sp³-hybridized carbons (Fsp3) is 0.167. The number of hydrogen-bond donors (Lipinski definition) is 1. The zero-order chi connectivity index (χ0) is 20.7. The van der Waals surface area contributed by atoms with Crippen LogP contribution in [0.3, 0.4) is 0 Å². The number of rotatable bonds is 3. The van der Waals surface area contributed by atoms with Crippen LogP contribution < -0.4 is 5.32 Å². The van der Waals surface area contributed by atoms with Crippen LogP contribution >= 0.6 is 11.6 Å². The smallest absolute Gasteiger partial charge is 0.255 e. The molecule has 0 atom stereocenters. The molecule has 0 aliphatic heterocycles. The predicted molar refractivity (Wildman–Crippen MR) is 118 cm³/mol. The molecule has 29 heavy (non-hydrogen) atoms. The van der Waals surface area contributed by atoms with Crippen molar-refractivity contribution in [2.75, 3.05) is 5.32 Å². The Hall–Kier alpha value is -3.11. The lowest BCUT2D eigenvalue weighted by Crippen LogP contribution is -2.13. The first-order chi connectivity index (χ1) is 13.8. The van der Waals surface area contributed by atoms with Crippen molar-refractivity contribution in [3.8, 4) is 11.5 Å². The van der Waals surface area contributed by atoms with Crippen LogP contribution in [0.15, 0.2) is 52.9 Å². The van der Waals surface area contributed by atoms with Gasteiger partial charge >= 0.3 is 0 Å². The number of nitrogens with zero attached hydrogens (tertiary/aromatic N) is 1. The normalized spacial score (nSPS) is 11.1. The SMILES string of the molecule is Cc1cc2nc(-c3ccc(C)c(NC(=O)c4ccc(C)c(Cl)c4)c3)oc2cc1C. The van der Waals surface area contributed by atoms with E-state index < -0.39 is 0 Å². The van der Waals surface area contributed by atoms with Crippen LogP contribution in [0.2, 0.25) is 5.02 Å². The third-order valence-corrected chi connectivity index (χ3v) is 5.58. The van der Waals surface area contributed by atoms with Gasteiger partial charge in [0, 0.05) is 21.8 Å². The van der Waals surface area contributed by atoms with E-state index in [-0.39, 0.29) is 5.91 Å². The number of aryl methyl sites for hydroxylation is 4. The van der Waals surface area contributed by atoms with Crippen molar-refractivity contribution in [2.45, 2.75) is 27.7 Å². The Morgan fingerprint density at radius 2 is 1.62 bits per heavy atom. The van der Waals surface area contributed by atoms with E-state index in [1.54, 1.807) is 12.1 Å².